The van der Waals surface area contributed by atoms with Crippen LogP contribution in [0.25, 0.3) is 11.3 Å². The molecule has 8 heteroatoms. The summed E-state index contributed by atoms with van der Waals surface area (Å²) < 4.78 is 6.30. The summed E-state index contributed by atoms with van der Waals surface area (Å²) in [6.07, 6.45) is -0.864. The van der Waals surface area contributed by atoms with Crippen LogP contribution in [0, 0.1) is 18.3 Å². The average molecular weight is 417 g/mol. The molecular formula is C22H19N5O2S. The maximum Gasteiger partial charge on any atom is 0.247 e. The van der Waals surface area contributed by atoms with Crippen LogP contribution in [-0.4, -0.2) is 26.8 Å². The van der Waals surface area contributed by atoms with Gasteiger partial charge in [0.2, 0.25) is 23.2 Å². The van der Waals surface area contributed by atoms with Crippen molar-refractivity contribution in [1.29, 1.82) is 5.26 Å². The monoisotopic (exact) mass is 417 g/mol. The molecule has 0 aliphatic carbocycles. The van der Waals surface area contributed by atoms with Gasteiger partial charge in [-0.1, -0.05) is 48.5 Å². The van der Waals surface area contributed by atoms with Crippen LogP contribution in [0.3, 0.4) is 0 Å². The maximum atomic E-state index is 12.8. The number of aromatic nitrogens is 3. The van der Waals surface area contributed by atoms with Crippen molar-refractivity contribution in [3.63, 3.8) is 0 Å². The molecule has 1 aliphatic heterocycles. The Balaban J connectivity index is 2.01. The van der Waals surface area contributed by atoms with Crippen molar-refractivity contribution in [3.05, 3.63) is 59.2 Å². The Morgan fingerprint density at radius 3 is 2.80 bits per heavy atom. The topological polar surface area (TPSA) is 92.0 Å². The third kappa shape index (κ3) is 3.48. The van der Waals surface area contributed by atoms with Gasteiger partial charge < -0.3 is 4.74 Å². The van der Waals surface area contributed by atoms with Crippen LogP contribution >= 0.6 is 11.8 Å². The van der Waals surface area contributed by atoms with E-state index in [1.807, 2.05) is 38.1 Å². The molecule has 30 heavy (non-hydrogen) atoms. The zero-order valence-corrected chi connectivity index (χ0v) is 17.6. The Morgan fingerprint density at radius 2 is 2.07 bits per heavy atom. The molecule has 1 amide bonds. The van der Waals surface area contributed by atoms with E-state index in [1.54, 1.807) is 23.1 Å². The third-order valence-corrected chi connectivity index (χ3v) is 5.44. The molecule has 1 atom stereocenters. The molecule has 2 aromatic carbocycles. The highest BCUT2D eigenvalue weighted by atomic mass is 32.2. The summed E-state index contributed by atoms with van der Waals surface area (Å²) in [4.78, 5) is 18.9. The number of amides is 1. The molecule has 7 nitrogen and oxygen atoms in total. The average Bonchev–Trinajstić information content (AvgIpc) is 2.88. The number of thioether (sulfide) groups is 1. The third-order valence-electron chi connectivity index (χ3n) is 4.72. The molecule has 3 aromatic rings. The van der Waals surface area contributed by atoms with E-state index in [0.717, 1.165) is 11.3 Å². The SMILES string of the molecule is CCSc1nnc2c(n1)O[C@@H](c1ccccc1C#N)N(C(C)=O)c1ccc(C)cc1-2. The Bertz CT molecular complexity index is 1170. The first-order valence-corrected chi connectivity index (χ1v) is 10.5. The molecule has 0 saturated carbocycles. The highest BCUT2D eigenvalue weighted by molar-refractivity contribution is 7.99. The Labute approximate surface area is 178 Å². The van der Waals surface area contributed by atoms with Crippen molar-refractivity contribution in [2.45, 2.75) is 32.2 Å². The highest BCUT2D eigenvalue weighted by Crippen LogP contribution is 2.44. The van der Waals surface area contributed by atoms with Gasteiger partial charge in [0.25, 0.3) is 0 Å². The predicted octanol–water partition coefficient (Wildman–Crippen LogP) is 4.27. The van der Waals surface area contributed by atoms with Crippen LogP contribution in [0.1, 0.15) is 36.8 Å². The van der Waals surface area contributed by atoms with Gasteiger partial charge in [-0.05, 0) is 30.9 Å². The number of fused-ring (bicyclic) bond motifs is 3. The number of benzene rings is 2. The highest BCUT2D eigenvalue weighted by Gasteiger charge is 2.35. The molecule has 0 fully saturated rings. The van der Waals surface area contributed by atoms with E-state index in [1.165, 1.54) is 18.7 Å². The second-order valence-electron chi connectivity index (χ2n) is 6.76. The molecule has 0 spiro atoms. The number of hydrogen-bond acceptors (Lipinski definition) is 7. The number of anilines is 1. The van der Waals surface area contributed by atoms with Crippen LogP contribution in [0.5, 0.6) is 5.88 Å². The van der Waals surface area contributed by atoms with Gasteiger partial charge in [-0.2, -0.15) is 10.2 Å². The number of nitrogens with zero attached hydrogens (tertiary/aromatic N) is 5. The van der Waals surface area contributed by atoms with E-state index in [9.17, 15) is 10.1 Å². The van der Waals surface area contributed by atoms with Crippen LogP contribution in [0.4, 0.5) is 5.69 Å². The van der Waals surface area contributed by atoms with Gasteiger partial charge in [0.1, 0.15) is 0 Å². The van der Waals surface area contributed by atoms with E-state index < -0.39 is 6.23 Å². The van der Waals surface area contributed by atoms with E-state index in [2.05, 4.69) is 21.3 Å². The standard InChI is InChI=1S/C22H19N5O2S/c1-4-30-22-24-20-19(25-26-22)17-11-13(2)9-10-18(17)27(14(3)28)21(29-20)16-8-6-5-7-15(16)12-23/h5-11,21H,4H2,1-3H3/t21-/m0/s1. The number of carbonyl (C=O) groups is 1. The van der Waals surface area contributed by atoms with Gasteiger partial charge in [-0.15, -0.1) is 10.2 Å². The van der Waals surface area contributed by atoms with Gasteiger partial charge in [-0.25, -0.2) is 0 Å². The lowest BCUT2D eigenvalue weighted by atomic mass is 10.0. The predicted molar refractivity (Wildman–Crippen MR) is 114 cm³/mol. The number of rotatable bonds is 3. The van der Waals surface area contributed by atoms with Crippen LogP contribution in [-0.2, 0) is 4.79 Å². The fraction of sp³-hybridized carbons (Fsp3) is 0.227. The molecule has 1 aromatic heterocycles. The van der Waals surface area contributed by atoms with Crippen molar-refractivity contribution in [2.75, 3.05) is 10.7 Å². The molecular weight excluding hydrogens is 398 g/mol. The van der Waals surface area contributed by atoms with Gasteiger partial charge in [0.15, 0.2) is 5.69 Å². The molecule has 2 heterocycles. The number of aryl methyl sites for hydroxylation is 1. The number of hydrogen-bond donors (Lipinski definition) is 0. The van der Waals surface area contributed by atoms with Crippen LogP contribution < -0.4 is 9.64 Å². The molecule has 0 N–H and O–H groups in total. The summed E-state index contributed by atoms with van der Waals surface area (Å²) in [5.41, 5.74) is 3.83. The number of ether oxygens (including phenoxy) is 1. The lowest BCUT2D eigenvalue weighted by Crippen LogP contribution is -2.36. The summed E-state index contributed by atoms with van der Waals surface area (Å²) in [5.74, 6) is 0.854. The minimum atomic E-state index is -0.864. The number of carbonyl (C=O) groups excluding carboxylic acids is 1. The summed E-state index contributed by atoms with van der Waals surface area (Å²) in [6.45, 7) is 5.44. The summed E-state index contributed by atoms with van der Waals surface area (Å²) in [7, 11) is 0. The molecule has 0 saturated heterocycles. The van der Waals surface area contributed by atoms with Gasteiger partial charge in [0.05, 0.1) is 17.3 Å². The van der Waals surface area contributed by atoms with E-state index in [0.29, 0.717) is 33.2 Å². The summed E-state index contributed by atoms with van der Waals surface area (Å²) in [6, 6.07) is 15.0. The Hall–Kier alpha value is -3.44. The van der Waals surface area contributed by atoms with Crippen LogP contribution in [0.2, 0.25) is 0 Å². The normalized spacial score (nSPS) is 14.7. The molecule has 0 bridgehead atoms. The van der Waals surface area contributed by atoms with Gasteiger partial charge in [0, 0.05) is 18.1 Å². The first-order valence-electron chi connectivity index (χ1n) is 9.47. The lowest BCUT2D eigenvalue weighted by Gasteiger charge is -2.30. The molecule has 1 aliphatic rings. The summed E-state index contributed by atoms with van der Waals surface area (Å²) in [5, 5.41) is 18.7. The van der Waals surface area contributed by atoms with E-state index in [-0.39, 0.29) is 11.8 Å². The molecule has 0 radical (unpaired) electrons. The van der Waals surface area contributed by atoms with Crippen molar-refractivity contribution in [3.8, 4) is 23.2 Å². The van der Waals surface area contributed by atoms with Crippen LogP contribution in [0.15, 0.2) is 47.6 Å². The number of nitriles is 1. The van der Waals surface area contributed by atoms with Crippen molar-refractivity contribution >= 4 is 23.4 Å². The van der Waals surface area contributed by atoms with Crippen molar-refractivity contribution in [1.82, 2.24) is 15.2 Å². The largest absolute Gasteiger partial charge is 0.447 e. The van der Waals surface area contributed by atoms with E-state index >= 15 is 0 Å². The quantitative estimate of drug-likeness (QED) is 0.588. The van der Waals surface area contributed by atoms with Gasteiger partial charge >= 0.3 is 0 Å². The maximum absolute atomic E-state index is 12.8. The second-order valence-corrected chi connectivity index (χ2v) is 7.99. The Kier molecular flexibility index (Phi) is 5.38. The summed E-state index contributed by atoms with van der Waals surface area (Å²) >= 11 is 1.45. The minimum absolute atomic E-state index is 0.221. The fourth-order valence-corrected chi connectivity index (χ4v) is 3.93. The molecule has 4 rings (SSSR count). The fourth-order valence-electron chi connectivity index (χ4n) is 3.43. The van der Waals surface area contributed by atoms with Crippen molar-refractivity contribution in [2.24, 2.45) is 0 Å². The van der Waals surface area contributed by atoms with Gasteiger partial charge in [-0.3, -0.25) is 9.69 Å². The first kappa shape index (κ1) is 19.9. The molecule has 0 unspecified atom stereocenters. The Morgan fingerprint density at radius 1 is 1.27 bits per heavy atom. The zero-order chi connectivity index (χ0) is 21.3. The second kappa shape index (κ2) is 8.13. The van der Waals surface area contributed by atoms with E-state index in [4.69, 9.17) is 4.74 Å². The first-order chi connectivity index (χ1) is 14.5. The lowest BCUT2D eigenvalue weighted by molar-refractivity contribution is -0.118. The van der Waals surface area contributed by atoms with Crippen molar-refractivity contribution < 1.29 is 9.53 Å². The smallest absolute Gasteiger partial charge is 0.247 e. The molecule has 150 valence electrons. The minimum Gasteiger partial charge on any atom is -0.447 e. The zero-order valence-electron chi connectivity index (χ0n) is 16.8.